The van der Waals surface area contributed by atoms with Crippen LogP contribution in [0.1, 0.15) is 39.2 Å². The molecule has 9 heteroatoms. The highest BCUT2D eigenvalue weighted by atomic mass is 16.6. The number of carboxylic acid groups (broad SMARTS) is 2. The minimum atomic E-state index is -1.51. The Morgan fingerprint density at radius 3 is 2.52 bits per heavy atom. The van der Waals surface area contributed by atoms with Crippen molar-refractivity contribution in [3.8, 4) is 6.07 Å². The number of aliphatic carboxylic acids is 1. The molecule has 1 heterocycles. The van der Waals surface area contributed by atoms with Gasteiger partial charge in [0.05, 0.1) is 11.8 Å². The monoisotopic (exact) mass is 375 g/mol. The van der Waals surface area contributed by atoms with Gasteiger partial charge in [-0.2, -0.15) is 5.26 Å². The van der Waals surface area contributed by atoms with Gasteiger partial charge in [-0.15, -0.1) is 0 Å². The second-order valence-corrected chi connectivity index (χ2v) is 7.27. The highest BCUT2D eigenvalue weighted by molar-refractivity contribution is 5.98. The molecule has 3 N–H and O–H groups in total. The average Bonchev–Trinajstić information content (AvgIpc) is 2.86. The van der Waals surface area contributed by atoms with E-state index in [-0.39, 0.29) is 30.8 Å². The largest absolute Gasteiger partial charge is 0.481 e. The number of carbonyl (C=O) groups is 3. The van der Waals surface area contributed by atoms with Crippen molar-refractivity contribution in [2.75, 3.05) is 16.8 Å². The third-order valence-corrected chi connectivity index (χ3v) is 4.18. The molecule has 0 fully saturated rings. The maximum atomic E-state index is 12.0. The highest BCUT2D eigenvalue weighted by Gasteiger charge is 2.50. The first kappa shape index (κ1) is 20.0. The number of anilines is 2. The molecule has 9 nitrogen and oxygen atoms in total. The fourth-order valence-corrected chi connectivity index (χ4v) is 3.04. The topological polar surface area (TPSA) is 140 Å². The van der Waals surface area contributed by atoms with Gasteiger partial charge in [0, 0.05) is 18.7 Å². The van der Waals surface area contributed by atoms with Crippen LogP contribution >= 0.6 is 0 Å². The minimum absolute atomic E-state index is 0.0194. The van der Waals surface area contributed by atoms with E-state index in [1.54, 1.807) is 20.8 Å². The van der Waals surface area contributed by atoms with Crippen molar-refractivity contribution < 1.29 is 29.3 Å². The third-order valence-electron chi connectivity index (χ3n) is 4.18. The summed E-state index contributed by atoms with van der Waals surface area (Å²) in [6, 6.07) is 6.25. The lowest BCUT2D eigenvalue weighted by Gasteiger charge is -2.24. The number of carbonyl (C=O) groups excluding carboxylic acids is 1. The van der Waals surface area contributed by atoms with Crippen LogP contribution in [0.2, 0.25) is 0 Å². The van der Waals surface area contributed by atoms with E-state index in [4.69, 9.17) is 10.00 Å². The Hall–Kier alpha value is -3.28. The molecule has 1 atom stereocenters. The summed E-state index contributed by atoms with van der Waals surface area (Å²) in [5, 5.41) is 30.6. The number of hydrogen-bond donors (Lipinski definition) is 3. The van der Waals surface area contributed by atoms with Gasteiger partial charge in [0.1, 0.15) is 11.0 Å². The fraction of sp³-hybridized carbons (Fsp3) is 0.444. The number of carboxylic acids is 1. The quantitative estimate of drug-likeness (QED) is 0.734. The average molecular weight is 375 g/mol. The lowest BCUT2D eigenvalue weighted by molar-refractivity contribution is -0.143. The molecule has 1 aliphatic rings. The second kappa shape index (κ2) is 7.15. The molecule has 27 heavy (non-hydrogen) atoms. The molecule has 0 aliphatic carbocycles. The van der Waals surface area contributed by atoms with Crippen LogP contribution in [-0.4, -0.2) is 40.5 Å². The van der Waals surface area contributed by atoms with Gasteiger partial charge >= 0.3 is 18.2 Å². The van der Waals surface area contributed by atoms with Crippen LogP contribution in [0.3, 0.4) is 0 Å². The molecule has 1 aromatic rings. The molecule has 1 aromatic carbocycles. The molecule has 0 saturated heterocycles. The number of hydrogen-bond acceptors (Lipinski definition) is 5. The van der Waals surface area contributed by atoms with Crippen LogP contribution in [0, 0.1) is 11.3 Å². The van der Waals surface area contributed by atoms with Gasteiger partial charge < -0.3 is 14.9 Å². The number of ether oxygens (including phenoxy) is 1. The Kier molecular flexibility index (Phi) is 5.31. The van der Waals surface area contributed by atoms with E-state index in [2.05, 4.69) is 5.32 Å². The van der Waals surface area contributed by atoms with Gasteiger partial charge in [0.25, 0.3) is 0 Å². The standard InChI is InChI=1S/C18H21N3O6/c1-17(2,3)27-15(24)20-11-5-6-12-13(9-11)21(16(25)26)10-18(12,14(22)23)7-4-8-19/h5-6,9H,4,7,10H2,1-3H3,(H,20,24)(H,22,23)(H,25,26). The molecule has 1 aliphatic heterocycles. The molecule has 0 spiro atoms. The SMILES string of the molecule is CC(C)(C)OC(=O)Nc1ccc2c(c1)N(C(=O)O)CC2(CCC#N)C(=O)O. The molecular formula is C18H21N3O6. The Labute approximate surface area is 156 Å². The number of nitriles is 1. The van der Waals surface area contributed by atoms with Crippen LogP contribution in [0.15, 0.2) is 18.2 Å². The van der Waals surface area contributed by atoms with Gasteiger partial charge in [-0.05, 0) is 44.9 Å². The molecule has 0 aromatic heterocycles. The van der Waals surface area contributed by atoms with E-state index in [0.29, 0.717) is 5.56 Å². The second-order valence-electron chi connectivity index (χ2n) is 7.27. The predicted molar refractivity (Wildman–Crippen MR) is 95.8 cm³/mol. The summed E-state index contributed by atoms with van der Waals surface area (Å²) in [7, 11) is 0. The van der Waals surface area contributed by atoms with Crippen LogP contribution in [-0.2, 0) is 14.9 Å². The minimum Gasteiger partial charge on any atom is -0.481 e. The maximum Gasteiger partial charge on any atom is 0.412 e. The predicted octanol–water partition coefficient (Wildman–Crippen LogP) is 3.16. The number of nitrogens with zero attached hydrogens (tertiary/aromatic N) is 2. The van der Waals surface area contributed by atoms with Crippen LogP contribution in [0.5, 0.6) is 0 Å². The lowest BCUT2D eigenvalue weighted by Crippen LogP contribution is -2.42. The molecule has 1 unspecified atom stereocenters. The zero-order valence-corrected chi connectivity index (χ0v) is 15.3. The Bertz CT molecular complexity index is 823. The molecule has 144 valence electrons. The summed E-state index contributed by atoms with van der Waals surface area (Å²) < 4.78 is 5.16. The van der Waals surface area contributed by atoms with E-state index in [9.17, 15) is 24.6 Å². The zero-order chi connectivity index (χ0) is 20.4. The zero-order valence-electron chi connectivity index (χ0n) is 15.3. The maximum absolute atomic E-state index is 12.0. The number of fused-ring (bicyclic) bond motifs is 1. The van der Waals surface area contributed by atoms with Crippen molar-refractivity contribution >= 4 is 29.5 Å². The molecule has 2 rings (SSSR count). The third kappa shape index (κ3) is 4.11. The summed E-state index contributed by atoms with van der Waals surface area (Å²) in [5.74, 6) is -1.20. The number of rotatable bonds is 4. The van der Waals surface area contributed by atoms with Crippen molar-refractivity contribution in [1.29, 1.82) is 5.26 Å². The molecule has 0 radical (unpaired) electrons. The summed E-state index contributed by atoms with van der Waals surface area (Å²) in [5.41, 5.74) is -1.48. The normalized spacial score (nSPS) is 18.4. The first-order valence-electron chi connectivity index (χ1n) is 8.25. The number of amides is 2. The number of benzene rings is 1. The molecule has 2 amide bonds. The first-order valence-corrected chi connectivity index (χ1v) is 8.25. The fourth-order valence-electron chi connectivity index (χ4n) is 3.04. The van der Waals surface area contributed by atoms with Crippen LogP contribution in [0.25, 0.3) is 0 Å². The highest BCUT2D eigenvalue weighted by Crippen LogP contribution is 2.45. The summed E-state index contributed by atoms with van der Waals surface area (Å²) in [4.78, 5) is 36.4. The lowest BCUT2D eigenvalue weighted by atomic mass is 9.78. The van der Waals surface area contributed by atoms with Gasteiger partial charge in [0.15, 0.2) is 0 Å². The van der Waals surface area contributed by atoms with Gasteiger partial charge in [-0.1, -0.05) is 6.07 Å². The summed E-state index contributed by atoms with van der Waals surface area (Å²) >= 11 is 0. The first-order chi connectivity index (χ1) is 12.5. The van der Waals surface area contributed by atoms with Crippen molar-refractivity contribution in [2.24, 2.45) is 0 Å². The van der Waals surface area contributed by atoms with E-state index < -0.39 is 29.2 Å². The van der Waals surface area contributed by atoms with Crippen molar-refractivity contribution in [2.45, 2.75) is 44.6 Å². The summed E-state index contributed by atoms with van der Waals surface area (Å²) in [6.45, 7) is 4.82. The van der Waals surface area contributed by atoms with Crippen molar-refractivity contribution in [1.82, 2.24) is 0 Å². The van der Waals surface area contributed by atoms with Crippen LogP contribution < -0.4 is 10.2 Å². The molecular weight excluding hydrogens is 354 g/mol. The molecule has 0 saturated carbocycles. The van der Waals surface area contributed by atoms with E-state index in [1.807, 2.05) is 6.07 Å². The smallest absolute Gasteiger partial charge is 0.412 e. The summed E-state index contributed by atoms with van der Waals surface area (Å²) in [6.07, 6.45) is -2.08. The Morgan fingerprint density at radius 1 is 1.33 bits per heavy atom. The van der Waals surface area contributed by atoms with Crippen LogP contribution in [0.4, 0.5) is 21.0 Å². The van der Waals surface area contributed by atoms with Crippen molar-refractivity contribution in [3.63, 3.8) is 0 Å². The Balaban J connectivity index is 2.43. The molecule has 0 bridgehead atoms. The van der Waals surface area contributed by atoms with E-state index in [0.717, 1.165) is 4.90 Å². The van der Waals surface area contributed by atoms with Crippen molar-refractivity contribution in [3.05, 3.63) is 23.8 Å². The van der Waals surface area contributed by atoms with E-state index >= 15 is 0 Å². The van der Waals surface area contributed by atoms with Gasteiger partial charge in [-0.25, -0.2) is 9.59 Å². The van der Waals surface area contributed by atoms with E-state index in [1.165, 1.54) is 18.2 Å². The Morgan fingerprint density at radius 2 is 2.00 bits per heavy atom. The van der Waals surface area contributed by atoms with Gasteiger partial charge in [0.2, 0.25) is 0 Å². The van der Waals surface area contributed by atoms with Gasteiger partial charge in [-0.3, -0.25) is 15.0 Å². The number of nitrogens with one attached hydrogen (secondary N) is 1.